The van der Waals surface area contributed by atoms with Crippen LogP contribution in [0.1, 0.15) is 90.5 Å². The fraction of sp³-hybridized carbons (Fsp3) is 0.158. The standard InChI is InChI=1S/C38H24N2O6S2/c1-37(2)35-33(47-27(39-35)15-23-29(41)17-9-5-6-10-18(17)30(23)42)21-14-26-22(13-25(21)45-37)34-36(38(3,4)46-26)40-28(48-34)16-24-31(43)19-11-7-8-12-20(19)32(24)44/h5-16H,1-4H3. The van der Waals surface area contributed by atoms with Crippen LogP contribution in [0.2, 0.25) is 0 Å². The normalized spacial score (nSPS) is 17.5. The smallest absolute Gasteiger partial charge is 0.197 e. The highest BCUT2D eigenvalue weighted by Gasteiger charge is 2.42. The molecule has 8 nitrogen and oxygen atoms in total. The molecular formula is C38H24N2O6S2. The molecule has 0 unspecified atom stereocenters. The first-order chi connectivity index (χ1) is 22.9. The summed E-state index contributed by atoms with van der Waals surface area (Å²) in [5, 5.41) is 1.07. The Morgan fingerprint density at radius 3 is 1.21 bits per heavy atom. The zero-order valence-electron chi connectivity index (χ0n) is 26.1. The Labute approximate surface area is 282 Å². The van der Waals surface area contributed by atoms with Gasteiger partial charge < -0.3 is 9.47 Å². The van der Waals surface area contributed by atoms with Gasteiger partial charge in [0, 0.05) is 33.4 Å². The Morgan fingerprint density at radius 1 is 0.542 bits per heavy atom. The maximum Gasteiger partial charge on any atom is 0.197 e. The number of Topliss-reactive ketones (excluding diaryl/α,β-unsaturated/α-hetero) is 4. The summed E-state index contributed by atoms with van der Waals surface area (Å²) in [5.41, 5.74) is 3.21. The minimum absolute atomic E-state index is 0.102. The van der Waals surface area contributed by atoms with E-state index in [-0.39, 0.29) is 34.3 Å². The topological polar surface area (TPSA) is 113 Å². The molecule has 2 aromatic heterocycles. The number of carbonyl (C=O) groups is 4. The second-order valence-corrected chi connectivity index (χ2v) is 15.1. The highest BCUT2D eigenvalue weighted by atomic mass is 32.1. The van der Waals surface area contributed by atoms with E-state index < -0.39 is 11.2 Å². The van der Waals surface area contributed by atoms with Crippen molar-refractivity contribution >= 4 is 58.0 Å². The van der Waals surface area contributed by atoms with Crippen LogP contribution in [-0.4, -0.2) is 33.1 Å². The summed E-state index contributed by atoms with van der Waals surface area (Å²) < 4.78 is 13.1. The molecule has 0 spiro atoms. The van der Waals surface area contributed by atoms with Crippen molar-refractivity contribution in [3.63, 3.8) is 0 Å². The molecule has 2 aliphatic heterocycles. The van der Waals surface area contributed by atoms with Crippen molar-refractivity contribution in [1.29, 1.82) is 0 Å². The lowest BCUT2D eigenvalue weighted by atomic mass is 9.92. The first kappa shape index (κ1) is 28.9. The number of ether oxygens (including phenoxy) is 2. The Balaban J connectivity index is 1.13. The summed E-state index contributed by atoms with van der Waals surface area (Å²) in [6, 6.07) is 17.6. The second kappa shape index (κ2) is 9.62. The fourth-order valence-electron chi connectivity index (χ4n) is 6.76. The van der Waals surface area contributed by atoms with Gasteiger partial charge in [0.05, 0.1) is 20.9 Å². The van der Waals surface area contributed by atoms with Crippen molar-refractivity contribution < 1.29 is 28.7 Å². The molecule has 9 rings (SSSR count). The Bertz CT molecular complexity index is 2200. The molecule has 0 radical (unpaired) electrons. The molecule has 48 heavy (non-hydrogen) atoms. The van der Waals surface area contributed by atoms with E-state index in [9.17, 15) is 19.2 Å². The molecule has 0 saturated carbocycles. The van der Waals surface area contributed by atoms with Gasteiger partial charge in [-0.15, -0.1) is 22.7 Å². The average molecular weight is 669 g/mol. The molecule has 10 heteroatoms. The number of hydrogen-bond donors (Lipinski definition) is 0. The Hall–Kier alpha value is -5.32. The zero-order valence-corrected chi connectivity index (χ0v) is 27.7. The van der Waals surface area contributed by atoms with E-state index in [1.54, 1.807) is 60.7 Å². The molecule has 0 fully saturated rings. The highest BCUT2D eigenvalue weighted by Crippen LogP contribution is 2.55. The molecule has 0 saturated heterocycles. The zero-order chi connectivity index (χ0) is 33.3. The van der Waals surface area contributed by atoms with Crippen LogP contribution >= 0.6 is 22.7 Å². The van der Waals surface area contributed by atoms with E-state index in [2.05, 4.69) is 0 Å². The minimum atomic E-state index is -0.810. The fourth-order valence-corrected chi connectivity index (χ4v) is 9.12. The van der Waals surface area contributed by atoms with Gasteiger partial charge in [-0.25, -0.2) is 9.97 Å². The van der Waals surface area contributed by atoms with E-state index >= 15 is 0 Å². The van der Waals surface area contributed by atoms with Gasteiger partial charge in [-0.2, -0.15) is 0 Å². The van der Waals surface area contributed by atoms with Gasteiger partial charge >= 0.3 is 0 Å². The maximum atomic E-state index is 13.1. The molecule has 0 amide bonds. The Kier molecular flexibility index (Phi) is 5.78. The summed E-state index contributed by atoms with van der Waals surface area (Å²) in [5.74, 6) is 0.0659. The van der Waals surface area contributed by atoms with E-state index in [4.69, 9.17) is 19.4 Å². The van der Waals surface area contributed by atoms with Crippen LogP contribution < -0.4 is 9.47 Å². The molecule has 0 atom stereocenters. The molecule has 0 N–H and O–H groups in total. The van der Waals surface area contributed by atoms with Crippen molar-refractivity contribution in [3.8, 4) is 32.4 Å². The number of nitrogens with zero attached hydrogens (tertiary/aromatic N) is 2. The first-order valence-corrected chi connectivity index (χ1v) is 16.9. The van der Waals surface area contributed by atoms with E-state index in [0.29, 0.717) is 55.2 Å². The van der Waals surface area contributed by atoms with Crippen molar-refractivity contribution in [2.24, 2.45) is 0 Å². The number of thiazole rings is 2. The highest BCUT2D eigenvalue weighted by molar-refractivity contribution is 7.16. The summed E-state index contributed by atoms with van der Waals surface area (Å²) in [6.45, 7) is 7.73. The molecule has 5 aromatic rings. The minimum Gasteiger partial charge on any atom is -0.481 e. The summed E-state index contributed by atoms with van der Waals surface area (Å²) >= 11 is 2.79. The van der Waals surface area contributed by atoms with Crippen LogP contribution in [0.5, 0.6) is 11.5 Å². The van der Waals surface area contributed by atoms with Crippen LogP contribution in [-0.2, 0) is 11.2 Å². The number of carbonyl (C=O) groups excluding carboxylic acids is 4. The van der Waals surface area contributed by atoms with Crippen LogP contribution in [0.4, 0.5) is 0 Å². The summed E-state index contributed by atoms with van der Waals surface area (Å²) in [4.78, 5) is 63.8. The van der Waals surface area contributed by atoms with Gasteiger partial charge in [-0.1, -0.05) is 48.5 Å². The lowest BCUT2D eigenvalue weighted by Gasteiger charge is -2.35. The van der Waals surface area contributed by atoms with Crippen molar-refractivity contribution in [2.45, 2.75) is 38.9 Å². The average Bonchev–Trinajstić information content (AvgIpc) is 3.80. The predicted octanol–water partition coefficient (Wildman–Crippen LogP) is 8.11. The van der Waals surface area contributed by atoms with Crippen LogP contribution in [0.15, 0.2) is 71.8 Å². The summed E-state index contributed by atoms with van der Waals surface area (Å²) in [6.07, 6.45) is 3.17. The second-order valence-electron chi connectivity index (χ2n) is 13.1. The van der Waals surface area contributed by atoms with E-state index in [1.165, 1.54) is 22.7 Å². The third-order valence-electron chi connectivity index (χ3n) is 9.08. The number of benzene rings is 3. The predicted molar refractivity (Wildman–Crippen MR) is 182 cm³/mol. The number of hydrogen-bond acceptors (Lipinski definition) is 10. The number of allylic oxidation sites excluding steroid dienone is 2. The van der Waals surface area contributed by atoms with E-state index in [0.717, 1.165) is 20.9 Å². The molecule has 2 aliphatic carbocycles. The molecule has 0 bridgehead atoms. The van der Waals surface area contributed by atoms with Gasteiger partial charge in [-0.3, -0.25) is 19.2 Å². The van der Waals surface area contributed by atoms with Gasteiger partial charge in [0.1, 0.15) is 44.1 Å². The third kappa shape index (κ3) is 3.99. The molecule has 3 aromatic carbocycles. The molecule has 4 aliphatic rings. The molecule has 4 heterocycles. The van der Waals surface area contributed by atoms with Crippen LogP contribution in [0.25, 0.3) is 33.0 Å². The monoisotopic (exact) mass is 668 g/mol. The SMILES string of the molecule is CC1(C)Oc2cc3c(cc2-c2sc(C=C4C(=O)c5ccccc5C4=O)nc21)OC(C)(C)c1nc(C=C2C(=O)c4ccccc4C2=O)sc1-3. The van der Waals surface area contributed by atoms with Gasteiger partial charge in [0.2, 0.25) is 0 Å². The van der Waals surface area contributed by atoms with Crippen LogP contribution in [0, 0.1) is 0 Å². The maximum absolute atomic E-state index is 13.1. The number of aromatic nitrogens is 2. The summed E-state index contributed by atoms with van der Waals surface area (Å²) in [7, 11) is 0. The number of rotatable bonds is 2. The third-order valence-corrected chi connectivity index (χ3v) is 11.1. The number of ketones is 4. The Morgan fingerprint density at radius 2 is 0.875 bits per heavy atom. The van der Waals surface area contributed by atoms with Gasteiger partial charge in [0.25, 0.3) is 0 Å². The van der Waals surface area contributed by atoms with Gasteiger partial charge in [-0.05, 0) is 52.0 Å². The van der Waals surface area contributed by atoms with Crippen molar-refractivity contribution in [2.75, 3.05) is 0 Å². The molecular weight excluding hydrogens is 645 g/mol. The van der Waals surface area contributed by atoms with E-state index in [1.807, 2.05) is 39.8 Å². The van der Waals surface area contributed by atoms with Crippen LogP contribution in [0.3, 0.4) is 0 Å². The van der Waals surface area contributed by atoms with Crippen molar-refractivity contribution in [1.82, 2.24) is 9.97 Å². The largest absolute Gasteiger partial charge is 0.481 e. The quantitative estimate of drug-likeness (QED) is 0.137. The lowest BCUT2D eigenvalue weighted by Crippen LogP contribution is -2.31. The first-order valence-electron chi connectivity index (χ1n) is 15.3. The van der Waals surface area contributed by atoms with Crippen molar-refractivity contribution in [3.05, 3.63) is 115 Å². The lowest BCUT2D eigenvalue weighted by molar-refractivity contribution is 0.0955. The number of fused-ring (bicyclic) bond motifs is 8. The van der Waals surface area contributed by atoms with Gasteiger partial charge in [0.15, 0.2) is 23.1 Å². The molecule has 234 valence electrons.